The molecule has 2 aromatic carbocycles. The number of ether oxygens (including phenoxy) is 3. The van der Waals surface area contributed by atoms with Crippen LogP contribution in [0.5, 0.6) is 0 Å². The highest BCUT2D eigenvalue weighted by molar-refractivity contribution is 6.00. The molecule has 1 saturated carbocycles. The third-order valence-corrected chi connectivity index (χ3v) is 5.57. The van der Waals surface area contributed by atoms with E-state index in [0.717, 1.165) is 18.4 Å². The minimum atomic E-state index is -0.746. The van der Waals surface area contributed by atoms with Crippen LogP contribution in [0.2, 0.25) is 0 Å². The van der Waals surface area contributed by atoms with Crippen molar-refractivity contribution in [2.75, 3.05) is 26.1 Å². The van der Waals surface area contributed by atoms with Gasteiger partial charge in [0.1, 0.15) is 0 Å². The molecule has 0 bridgehead atoms. The number of rotatable bonds is 7. The number of esters is 3. The van der Waals surface area contributed by atoms with E-state index in [1.807, 2.05) is 30.3 Å². The first-order valence-electron chi connectivity index (χ1n) is 10.2. The molecule has 168 valence electrons. The number of hydrogen-bond acceptors (Lipinski definition) is 7. The molecule has 1 aliphatic rings. The Morgan fingerprint density at radius 3 is 1.97 bits per heavy atom. The summed E-state index contributed by atoms with van der Waals surface area (Å²) in [6.45, 7) is -0.497. The average molecular weight is 439 g/mol. The smallest absolute Gasteiger partial charge is 0.337 e. The van der Waals surface area contributed by atoms with Gasteiger partial charge in [-0.2, -0.15) is 0 Å². The monoisotopic (exact) mass is 439 g/mol. The van der Waals surface area contributed by atoms with Gasteiger partial charge in [-0.3, -0.25) is 9.59 Å². The summed E-state index contributed by atoms with van der Waals surface area (Å²) in [7, 11) is 2.41. The molecular weight excluding hydrogens is 414 g/mol. The summed E-state index contributed by atoms with van der Waals surface area (Å²) >= 11 is 0. The lowest BCUT2D eigenvalue weighted by Gasteiger charge is -2.27. The number of amides is 1. The van der Waals surface area contributed by atoms with Crippen molar-refractivity contribution in [1.82, 2.24) is 0 Å². The Bertz CT molecular complexity index is 976. The van der Waals surface area contributed by atoms with Crippen LogP contribution in [0.25, 0.3) is 0 Å². The molecule has 1 fully saturated rings. The fraction of sp³-hybridized carbons (Fsp3) is 0.333. The number of hydrogen-bond donors (Lipinski definition) is 1. The molecule has 3 rings (SSSR count). The van der Waals surface area contributed by atoms with Crippen molar-refractivity contribution in [3.8, 4) is 0 Å². The molecule has 8 heteroatoms. The number of methoxy groups -OCH3 is 2. The quantitative estimate of drug-likeness (QED) is 0.521. The van der Waals surface area contributed by atoms with Gasteiger partial charge < -0.3 is 19.5 Å². The van der Waals surface area contributed by atoms with Gasteiger partial charge in [-0.1, -0.05) is 43.2 Å². The molecule has 1 amide bonds. The maximum absolute atomic E-state index is 13.0. The van der Waals surface area contributed by atoms with E-state index >= 15 is 0 Å². The highest BCUT2D eigenvalue weighted by Gasteiger charge is 2.44. The number of benzene rings is 2. The van der Waals surface area contributed by atoms with Gasteiger partial charge in [0.05, 0.1) is 30.8 Å². The summed E-state index contributed by atoms with van der Waals surface area (Å²) in [5, 5.41) is 2.55. The lowest BCUT2D eigenvalue weighted by Crippen LogP contribution is -2.36. The second-order valence-corrected chi connectivity index (χ2v) is 7.56. The summed E-state index contributed by atoms with van der Waals surface area (Å²) in [5.74, 6) is -2.39. The Balaban J connectivity index is 1.71. The Kier molecular flexibility index (Phi) is 7.25. The van der Waals surface area contributed by atoms with Crippen molar-refractivity contribution >= 4 is 29.5 Å². The zero-order valence-electron chi connectivity index (χ0n) is 18.0. The Morgan fingerprint density at radius 1 is 0.875 bits per heavy atom. The maximum atomic E-state index is 13.0. The molecule has 0 aliphatic heterocycles. The molecule has 0 saturated heterocycles. The predicted octanol–water partition coefficient (Wildman–Crippen LogP) is 3.25. The average Bonchev–Trinajstić information content (AvgIpc) is 3.33. The molecule has 0 aromatic heterocycles. The van der Waals surface area contributed by atoms with Crippen LogP contribution in [0, 0.1) is 0 Å². The first kappa shape index (κ1) is 23.0. The lowest BCUT2D eigenvalue weighted by molar-refractivity contribution is -0.153. The summed E-state index contributed by atoms with van der Waals surface area (Å²) in [6, 6.07) is 13.5. The van der Waals surface area contributed by atoms with E-state index in [2.05, 4.69) is 14.8 Å². The van der Waals surface area contributed by atoms with E-state index in [1.165, 1.54) is 32.4 Å². The van der Waals surface area contributed by atoms with Crippen LogP contribution in [-0.4, -0.2) is 44.6 Å². The summed E-state index contributed by atoms with van der Waals surface area (Å²) < 4.78 is 14.7. The molecule has 32 heavy (non-hydrogen) atoms. The van der Waals surface area contributed by atoms with Gasteiger partial charge in [0, 0.05) is 5.69 Å². The second-order valence-electron chi connectivity index (χ2n) is 7.56. The van der Waals surface area contributed by atoms with Crippen LogP contribution in [0.1, 0.15) is 52.0 Å². The highest BCUT2D eigenvalue weighted by atomic mass is 16.5. The van der Waals surface area contributed by atoms with Crippen molar-refractivity contribution in [3.63, 3.8) is 0 Å². The third kappa shape index (κ3) is 4.96. The van der Waals surface area contributed by atoms with Gasteiger partial charge in [0.2, 0.25) is 0 Å². The van der Waals surface area contributed by atoms with Crippen LogP contribution in [0.3, 0.4) is 0 Å². The van der Waals surface area contributed by atoms with E-state index in [9.17, 15) is 19.2 Å². The van der Waals surface area contributed by atoms with Crippen LogP contribution in [0.15, 0.2) is 48.5 Å². The zero-order valence-corrected chi connectivity index (χ0v) is 18.0. The van der Waals surface area contributed by atoms with Crippen molar-refractivity contribution in [2.45, 2.75) is 31.1 Å². The van der Waals surface area contributed by atoms with Gasteiger partial charge in [-0.05, 0) is 36.6 Å². The number of nitrogens with one attached hydrogen (secondary N) is 1. The SMILES string of the molecule is COC(=O)c1cc(NC(=O)COC(=O)C2(c3ccccc3)CCCC2)cc(C(=O)OC)c1. The van der Waals surface area contributed by atoms with Gasteiger partial charge >= 0.3 is 17.9 Å². The van der Waals surface area contributed by atoms with E-state index in [4.69, 9.17) is 4.74 Å². The lowest BCUT2D eigenvalue weighted by atomic mass is 9.79. The zero-order chi connectivity index (χ0) is 23.1. The number of carbonyl (C=O) groups excluding carboxylic acids is 4. The molecule has 2 aromatic rings. The second kappa shape index (κ2) is 10.1. The van der Waals surface area contributed by atoms with E-state index in [1.54, 1.807) is 0 Å². The molecule has 0 heterocycles. The summed E-state index contributed by atoms with van der Waals surface area (Å²) in [5.41, 5.74) is 0.447. The summed E-state index contributed by atoms with van der Waals surface area (Å²) in [4.78, 5) is 49.2. The molecule has 0 atom stereocenters. The normalized spacial score (nSPS) is 14.3. The van der Waals surface area contributed by atoms with Gasteiger partial charge in [0.25, 0.3) is 5.91 Å². The van der Waals surface area contributed by atoms with Crippen LogP contribution in [-0.2, 0) is 29.2 Å². The molecule has 1 aliphatic carbocycles. The third-order valence-electron chi connectivity index (χ3n) is 5.57. The minimum absolute atomic E-state index is 0.0664. The number of anilines is 1. The first-order chi connectivity index (χ1) is 15.4. The fourth-order valence-corrected chi connectivity index (χ4v) is 3.98. The predicted molar refractivity (Wildman–Crippen MR) is 115 cm³/mol. The molecule has 0 radical (unpaired) electrons. The van der Waals surface area contributed by atoms with Gasteiger partial charge in [-0.25, -0.2) is 9.59 Å². The van der Waals surface area contributed by atoms with Gasteiger partial charge in [0.15, 0.2) is 6.61 Å². The molecular formula is C24H25NO7. The Morgan fingerprint density at radius 2 is 1.44 bits per heavy atom. The van der Waals surface area contributed by atoms with E-state index in [-0.39, 0.29) is 16.8 Å². The maximum Gasteiger partial charge on any atom is 0.337 e. The van der Waals surface area contributed by atoms with Crippen LogP contribution < -0.4 is 5.32 Å². The molecule has 8 nitrogen and oxygen atoms in total. The highest BCUT2D eigenvalue weighted by Crippen LogP contribution is 2.42. The fourth-order valence-electron chi connectivity index (χ4n) is 3.98. The van der Waals surface area contributed by atoms with Crippen LogP contribution in [0.4, 0.5) is 5.69 Å². The van der Waals surface area contributed by atoms with Crippen molar-refractivity contribution in [3.05, 3.63) is 65.2 Å². The van der Waals surface area contributed by atoms with Crippen molar-refractivity contribution in [1.29, 1.82) is 0 Å². The standard InChI is InChI=1S/C24H25NO7/c1-30-21(27)16-12-17(22(28)31-2)14-19(13-16)25-20(26)15-32-23(29)24(10-6-7-11-24)18-8-4-3-5-9-18/h3-5,8-9,12-14H,6-7,10-11,15H2,1-2H3,(H,25,26). The molecule has 0 spiro atoms. The minimum Gasteiger partial charge on any atom is -0.465 e. The molecule has 0 unspecified atom stereocenters. The Hall–Kier alpha value is -3.68. The largest absolute Gasteiger partial charge is 0.465 e. The van der Waals surface area contributed by atoms with Crippen molar-refractivity contribution in [2.24, 2.45) is 0 Å². The van der Waals surface area contributed by atoms with E-state index in [0.29, 0.717) is 12.8 Å². The van der Waals surface area contributed by atoms with E-state index < -0.39 is 35.8 Å². The summed E-state index contributed by atoms with van der Waals surface area (Å²) in [6.07, 6.45) is 3.15. The van der Waals surface area contributed by atoms with Crippen molar-refractivity contribution < 1.29 is 33.4 Å². The first-order valence-corrected chi connectivity index (χ1v) is 10.2. The Labute approximate surface area is 185 Å². The van der Waals surface area contributed by atoms with Crippen LogP contribution >= 0.6 is 0 Å². The molecule has 1 N–H and O–H groups in total. The topological polar surface area (TPSA) is 108 Å². The number of carbonyl (C=O) groups is 4. The van der Waals surface area contributed by atoms with Gasteiger partial charge in [-0.15, -0.1) is 0 Å².